The van der Waals surface area contributed by atoms with E-state index in [1.54, 1.807) is 0 Å². The van der Waals surface area contributed by atoms with Crippen molar-refractivity contribution in [3.8, 4) is 0 Å². The lowest BCUT2D eigenvalue weighted by Gasteiger charge is -2.08. The van der Waals surface area contributed by atoms with E-state index in [1.807, 2.05) is 6.92 Å². The molecule has 0 aliphatic heterocycles. The first-order valence-electron chi connectivity index (χ1n) is 12.6. The smallest absolute Gasteiger partial charge is 0.246 e. The third kappa shape index (κ3) is 28.4. The molecule has 13 nitrogen and oxygen atoms in total. The Bertz CT molecular complexity index is 605. The van der Waals surface area contributed by atoms with Crippen molar-refractivity contribution in [3.05, 3.63) is 0 Å². The van der Waals surface area contributed by atoms with Crippen LogP contribution in [-0.4, -0.2) is 122 Å². The predicted octanol–water partition coefficient (Wildman–Crippen LogP) is -0.577. The van der Waals surface area contributed by atoms with Gasteiger partial charge in [-0.1, -0.05) is 0 Å². The summed E-state index contributed by atoms with van der Waals surface area (Å²) in [5.74, 6) is -1.11. The fourth-order valence-electron chi connectivity index (χ4n) is 2.63. The summed E-state index contributed by atoms with van der Waals surface area (Å²) in [6.45, 7) is 6.07. The van der Waals surface area contributed by atoms with Crippen LogP contribution in [0.2, 0.25) is 0 Å². The molecule has 2 amide bonds. The van der Waals surface area contributed by atoms with Crippen LogP contribution in [0, 0.1) is 0 Å². The van der Waals surface area contributed by atoms with Crippen molar-refractivity contribution < 1.29 is 52.3 Å². The van der Waals surface area contributed by atoms with E-state index in [2.05, 4.69) is 5.32 Å². The van der Waals surface area contributed by atoms with Gasteiger partial charge in [0.05, 0.1) is 46.2 Å². The minimum atomic E-state index is -0.633. The summed E-state index contributed by atoms with van der Waals surface area (Å²) in [6, 6.07) is 0. The molecule has 0 saturated heterocycles. The Morgan fingerprint density at radius 1 is 0.568 bits per heavy atom. The van der Waals surface area contributed by atoms with Crippen molar-refractivity contribution in [2.75, 3.05) is 99.0 Å². The third-order valence-corrected chi connectivity index (χ3v) is 4.38. The van der Waals surface area contributed by atoms with Crippen molar-refractivity contribution in [2.45, 2.75) is 32.6 Å². The summed E-state index contributed by atoms with van der Waals surface area (Å²) in [5, 5.41) is 2.57. The molecule has 0 radical (unpaired) electrons. The Hall–Kier alpha value is -2.00. The number of Topliss-reactive ketones (excluding diaryl/α,β-unsaturated/α-hetero) is 2. The second-order valence-corrected chi connectivity index (χ2v) is 7.73. The van der Waals surface area contributed by atoms with Gasteiger partial charge in [0.15, 0.2) is 11.6 Å². The maximum absolute atomic E-state index is 11.8. The summed E-state index contributed by atoms with van der Waals surface area (Å²) in [4.78, 5) is 45.3. The summed E-state index contributed by atoms with van der Waals surface area (Å²) < 4.78 is 36.5. The Morgan fingerprint density at radius 3 is 1.54 bits per heavy atom. The Morgan fingerprint density at radius 2 is 1.03 bits per heavy atom. The average molecular weight is 537 g/mol. The number of nitrogens with two attached hydrogens (primary N) is 1. The molecule has 0 spiro atoms. The minimum absolute atomic E-state index is 0.0504. The van der Waals surface area contributed by atoms with Crippen LogP contribution in [0.5, 0.6) is 0 Å². The van der Waals surface area contributed by atoms with Gasteiger partial charge in [0, 0.05) is 39.2 Å². The topological polar surface area (TPSA) is 171 Å². The van der Waals surface area contributed by atoms with Crippen LogP contribution in [0.3, 0.4) is 0 Å². The maximum Gasteiger partial charge on any atom is 0.246 e. The van der Waals surface area contributed by atoms with Gasteiger partial charge in [-0.3, -0.25) is 19.2 Å². The first kappa shape index (κ1) is 35.0. The zero-order valence-corrected chi connectivity index (χ0v) is 22.0. The standard InChI is InChI=1S/C24H44N2O11/c1-2-31-11-12-32-8-3-5-21(27)17-36-18-22(28)6-4-9-33-13-15-35-16-14-34-10-7-26-24(30)20-37-19-23(25)29/h2-20H2,1H3,(H2,25,29)(H,26,30). The second-order valence-electron chi connectivity index (χ2n) is 7.73. The van der Waals surface area contributed by atoms with E-state index in [4.69, 9.17) is 38.9 Å². The molecule has 0 aromatic heterocycles. The molecule has 0 atom stereocenters. The van der Waals surface area contributed by atoms with Gasteiger partial charge in [0.2, 0.25) is 11.8 Å². The lowest BCUT2D eigenvalue weighted by Crippen LogP contribution is -2.32. The van der Waals surface area contributed by atoms with E-state index in [9.17, 15) is 19.2 Å². The molecule has 0 rings (SSSR count). The largest absolute Gasteiger partial charge is 0.379 e. The minimum Gasteiger partial charge on any atom is -0.379 e. The van der Waals surface area contributed by atoms with Crippen molar-refractivity contribution in [1.29, 1.82) is 0 Å². The van der Waals surface area contributed by atoms with Crippen LogP contribution < -0.4 is 11.1 Å². The molecule has 37 heavy (non-hydrogen) atoms. The second kappa shape index (κ2) is 27.0. The van der Waals surface area contributed by atoms with Crippen molar-refractivity contribution in [3.63, 3.8) is 0 Å². The van der Waals surface area contributed by atoms with Crippen LogP contribution in [0.15, 0.2) is 0 Å². The maximum atomic E-state index is 11.8. The van der Waals surface area contributed by atoms with Crippen molar-refractivity contribution >= 4 is 23.4 Å². The Balaban J connectivity index is 3.32. The Labute approximate surface area is 218 Å². The highest BCUT2D eigenvalue weighted by molar-refractivity contribution is 5.82. The molecule has 3 N–H and O–H groups in total. The number of hydrogen-bond donors (Lipinski definition) is 2. The zero-order valence-electron chi connectivity index (χ0n) is 22.0. The summed E-state index contributed by atoms with van der Waals surface area (Å²) in [5.41, 5.74) is 4.89. The van der Waals surface area contributed by atoms with E-state index in [0.717, 1.165) is 0 Å². The highest BCUT2D eigenvalue weighted by Gasteiger charge is 2.06. The zero-order chi connectivity index (χ0) is 27.4. The number of hydrogen-bond acceptors (Lipinski definition) is 11. The highest BCUT2D eigenvalue weighted by atomic mass is 16.5. The number of ether oxygens (including phenoxy) is 7. The van der Waals surface area contributed by atoms with E-state index in [-0.39, 0.29) is 43.9 Å². The SMILES string of the molecule is CCOCCOCCCC(=O)COCC(=O)CCCOCCOCCOCCNC(=O)COCC(N)=O. The van der Waals surface area contributed by atoms with Gasteiger partial charge < -0.3 is 44.2 Å². The van der Waals surface area contributed by atoms with Gasteiger partial charge in [0.25, 0.3) is 0 Å². The monoisotopic (exact) mass is 536 g/mol. The first-order valence-corrected chi connectivity index (χ1v) is 12.6. The molecule has 0 unspecified atom stereocenters. The van der Waals surface area contributed by atoms with Gasteiger partial charge in [-0.15, -0.1) is 0 Å². The number of primary amides is 1. The molecule has 0 fully saturated rings. The average Bonchev–Trinajstić information content (AvgIpc) is 2.86. The quantitative estimate of drug-likeness (QED) is 0.117. The van der Waals surface area contributed by atoms with Gasteiger partial charge in [-0.2, -0.15) is 0 Å². The van der Waals surface area contributed by atoms with Crippen LogP contribution in [0.25, 0.3) is 0 Å². The number of carbonyl (C=O) groups is 4. The molecule has 0 aromatic carbocycles. The molecule has 0 aliphatic rings. The molecule has 0 saturated carbocycles. The van der Waals surface area contributed by atoms with Gasteiger partial charge in [-0.05, 0) is 19.8 Å². The fraction of sp³-hybridized carbons (Fsp3) is 0.833. The fourth-order valence-corrected chi connectivity index (χ4v) is 2.63. The number of rotatable bonds is 29. The molecule has 0 aromatic rings. The van der Waals surface area contributed by atoms with Crippen molar-refractivity contribution in [1.82, 2.24) is 5.32 Å². The molecule has 0 heterocycles. The summed E-state index contributed by atoms with van der Waals surface area (Å²) in [7, 11) is 0. The summed E-state index contributed by atoms with van der Waals surface area (Å²) in [6.07, 6.45) is 1.87. The van der Waals surface area contributed by atoms with E-state index < -0.39 is 5.91 Å². The molecule has 13 heteroatoms. The van der Waals surface area contributed by atoms with Crippen LogP contribution in [-0.2, 0) is 52.3 Å². The van der Waals surface area contributed by atoms with Crippen LogP contribution in [0.4, 0.5) is 0 Å². The highest BCUT2D eigenvalue weighted by Crippen LogP contribution is 1.97. The predicted molar refractivity (Wildman–Crippen MR) is 132 cm³/mol. The van der Waals surface area contributed by atoms with E-state index in [0.29, 0.717) is 98.3 Å². The summed E-state index contributed by atoms with van der Waals surface area (Å²) >= 11 is 0. The lowest BCUT2D eigenvalue weighted by molar-refractivity contribution is -0.130. The number of amides is 2. The normalized spacial score (nSPS) is 10.9. The first-order chi connectivity index (χ1) is 18.0. The molecular weight excluding hydrogens is 492 g/mol. The third-order valence-electron chi connectivity index (χ3n) is 4.38. The van der Waals surface area contributed by atoms with Crippen LogP contribution >= 0.6 is 0 Å². The lowest BCUT2D eigenvalue weighted by atomic mass is 10.2. The number of nitrogens with one attached hydrogen (secondary N) is 1. The number of ketones is 2. The van der Waals surface area contributed by atoms with Crippen LogP contribution in [0.1, 0.15) is 32.6 Å². The molecule has 0 bridgehead atoms. The molecule has 216 valence electrons. The van der Waals surface area contributed by atoms with E-state index in [1.165, 1.54) is 0 Å². The van der Waals surface area contributed by atoms with Gasteiger partial charge >= 0.3 is 0 Å². The van der Waals surface area contributed by atoms with Gasteiger partial charge in [-0.25, -0.2) is 0 Å². The van der Waals surface area contributed by atoms with Gasteiger partial charge in [0.1, 0.15) is 26.4 Å². The Kier molecular flexibility index (Phi) is 25.6. The molecular formula is C24H44N2O11. The van der Waals surface area contributed by atoms with Crippen molar-refractivity contribution in [2.24, 2.45) is 5.73 Å². The van der Waals surface area contributed by atoms with E-state index >= 15 is 0 Å². The molecule has 0 aliphatic carbocycles. The number of carbonyl (C=O) groups excluding carboxylic acids is 4.